The molecule has 0 fully saturated rings. The van der Waals surface area contributed by atoms with Crippen LogP contribution >= 0.6 is 0 Å². The number of nitrogens with one attached hydrogen (secondary N) is 2. The smallest absolute Gasteiger partial charge is 0.251 e. The largest absolute Gasteiger partial charge is 0.437 e. The lowest BCUT2D eigenvalue weighted by Crippen LogP contribution is -2.17. The maximum absolute atomic E-state index is 11.9. The molecule has 24 heavy (non-hydrogen) atoms. The fourth-order valence-electron chi connectivity index (χ4n) is 2.14. The van der Waals surface area contributed by atoms with Gasteiger partial charge in [-0.2, -0.15) is 0 Å². The number of rotatable bonds is 4. The first-order chi connectivity index (χ1) is 11.7. The third kappa shape index (κ3) is 3.49. The predicted molar refractivity (Wildman–Crippen MR) is 91.5 cm³/mol. The van der Waals surface area contributed by atoms with E-state index in [1.54, 1.807) is 31.3 Å². The molecule has 0 aliphatic heterocycles. The number of oxazole rings is 1. The minimum atomic E-state index is -0.315. The highest BCUT2D eigenvalue weighted by Crippen LogP contribution is 2.15. The van der Waals surface area contributed by atoms with E-state index in [9.17, 15) is 9.59 Å². The molecular weight excluding hydrogens is 306 g/mol. The van der Waals surface area contributed by atoms with Crippen LogP contribution in [-0.2, 0) is 4.79 Å². The second-order valence-corrected chi connectivity index (χ2v) is 5.00. The van der Waals surface area contributed by atoms with Crippen LogP contribution in [0.25, 0.3) is 17.2 Å². The number of carbonyl (C=O) groups excluding carboxylic acids is 2. The first-order valence-electron chi connectivity index (χ1n) is 7.32. The topological polar surface area (TPSA) is 84.2 Å². The Hall–Kier alpha value is -3.41. The molecule has 0 radical (unpaired) electrons. The standard InChI is InChI=1S/C18H15N3O3/c1-19-18(23)12-6-8-13(9-7-12)20-16(22)10-11-17-21-14-4-2-3-5-15(14)24-17/h2-11H,1H3,(H,19,23)(H,20,22). The number of para-hydroxylation sites is 2. The number of fused-ring (bicyclic) bond motifs is 1. The number of aromatic nitrogens is 1. The van der Waals surface area contributed by atoms with E-state index >= 15 is 0 Å². The number of hydrogen-bond acceptors (Lipinski definition) is 4. The van der Waals surface area contributed by atoms with Crippen molar-refractivity contribution in [2.45, 2.75) is 0 Å². The number of carbonyl (C=O) groups is 2. The van der Waals surface area contributed by atoms with Crippen molar-refractivity contribution >= 4 is 34.7 Å². The van der Waals surface area contributed by atoms with Gasteiger partial charge in [-0.05, 0) is 36.4 Å². The molecule has 0 unspecified atom stereocenters. The number of nitrogens with zero attached hydrogens (tertiary/aromatic N) is 1. The van der Waals surface area contributed by atoms with Crippen molar-refractivity contribution in [2.75, 3.05) is 12.4 Å². The Morgan fingerprint density at radius 1 is 1.08 bits per heavy atom. The molecule has 2 aromatic carbocycles. The summed E-state index contributed by atoms with van der Waals surface area (Å²) in [4.78, 5) is 27.6. The normalized spacial score (nSPS) is 10.9. The Morgan fingerprint density at radius 3 is 2.54 bits per heavy atom. The van der Waals surface area contributed by atoms with Gasteiger partial charge in [0.15, 0.2) is 5.58 Å². The van der Waals surface area contributed by atoms with Gasteiger partial charge in [-0.1, -0.05) is 12.1 Å². The lowest BCUT2D eigenvalue weighted by Gasteiger charge is -2.03. The zero-order valence-corrected chi connectivity index (χ0v) is 12.9. The van der Waals surface area contributed by atoms with Gasteiger partial charge in [-0.25, -0.2) is 4.98 Å². The predicted octanol–water partition coefficient (Wildman–Crippen LogP) is 2.84. The van der Waals surface area contributed by atoms with Crippen LogP contribution in [0.3, 0.4) is 0 Å². The van der Waals surface area contributed by atoms with Gasteiger partial charge in [0, 0.05) is 30.5 Å². The minimum Gasteiger partial charge on any atom is -0.437 e. The van der Waals surface area contributed by atoms with Crippen LogP contribution in [0.4, 0.5) is 5.69 Å². The molecule has 1 aromatic heterocycles. The summed E-state index contributed by atoms with van der Waals surface area (Å²) in [6.07, 6.45) is 2.85. The second kappa shape index (κ2) is 6.78. The van der Waals surface area contributed by atoms with Crippen LogP contribution < -0.4 is 10.6 Å². The van der Waals surface area contributed by atoms with Crippen molar-refractivity contribution in [1.82, 2.24) is 10.3 Å². The monoisotopic (exact) mass is 321 g/mol. The second-order valence-electron chi connectivity index (χ2n) is 5.00. The zero-order chi connectivity index (χ0) is 16.9. The van der Waals surface area contributed by atoms with Gasteiger partial charge in [0.1, 0.15) is 5.52 Å². The molecule has 0 saturated heterocycles. The number of amides is 2. The van der Waals surface area contributed by atoms with E-state index in [0.29, 0.717) is 22.7 Å². The van der Waals surface area contributed by atoms with Crippen molar-refractivity contribution in [3.8, 4) is 0 Å². The maximum atomic E-state index is 11.9. The molecule has 0 saturated carbocycles. The Morgan fingerprint density at radius 2 is 1.83 bits per heavy atom. The highest BCUT2D eigenvalue weighted by atomic mass is 16.3. The molecule has 1 heterocycles. The van der Waals surface area contributed by atoms with Crippen molar-refractivity contribution in [2.24, 2.45) is 0 Å². The Kier molecular flexibility index (Phi) is 4.38. The maximum Gasteiger partial charge on any atom is 0.251 e. The Balaban J connectivity index is 1.65. The molecule has 0 aliphatic rings. The van der Waals surface area contributed by atoms with Crippen molar-refractivity contribution in [1.29, 1.82) is 0 Å². The van der Waals surface area contributed by atoms with Crippen LogP contribution in [-0.4, -0.2) is 23.8 Å². The fraction of sp³-hybridized carbons (Fsp3) is 0.0556. The van der Waals surface area contributed by atoms with Crippen LogP contribution in [0.5, 0.6) is 0 Å². The summed E-state index contributed by atoms with van der Waals surface area (Å²) in [7, 11) is 1.56. The van der Waals surface area contributed by atoms with E-state index in [1.165, 1.54) is 12.2 Å². The van der Waals surface area contributed by atoms with Gasteiger partial charge in [-0.3, -0.25) is 9.59 Å². The lowest BCUT2D eigenvalue weighted by molar-refractivity contribution is -0.111. The highest BCUT2D eigenvalue weighted by Gasteiger charge is 2.05. The van der Waals surface area contributed by atoms with Gasteiger partial charge in [0.05, 0.1) is 0 Å². The van der Waals surface area contributed by atoms with Crippen LogP contribution in [0.2, 0.25) is 0 Å². The molecule has 0 atom stereocenters. The summed E-state index contributed by atoms with van der Waals surface area (Å²) in [5.74, 6) is -0.130. The number of benzene rings is 2. The summed E-state index contributed by atoms with van der Waals surface area (Å²) in [5, 5.41) is 5.24. The quantitative estimate of drug-likeness (QED) is 0.724. The van der Waals surface area contributed by atoms with E-state index in [4.69, 9.17) is 4.42 Å². The zero-order valence-electron chi connectivity index (χ0n) is 12.9. The van der Waals surface area contributed by atoms with E-state index in [1.807, 2.05) is 24.3 Å². The van der Waals surface area contributed by atoms with Gasteiger partial charge < -0.3 is 15.1 Å². The lowest BCUT2D eigenvalue weighted by atomic mass is 10.2. The first kappa shape index (κ1) is 15.5. The summed E-state index contributed by atoms with van der Waals surface area (Å²) in [6, 6.07) is 14.0. The molecule has 0 spiro atoms. The molecule has 120 valence electrons. The van der Waals surface area contributed by atoms with E-state index < -0.39 is 0 Å². The summed E-state index contributed by atoms with van der Waals surface area (Å²) in [5.41, 5.74) is 2.53. The molecule has 2 N–H and O–H groups in total. The minimum absolute atomic E-state index is 0.177. The fourth-order valence-corrected chi connectivity index (χ4v) is 2.14. The van der Waals surface area contributed by atoms with Gasteiger partial charge in [0.25, 0.3) is 5.91 Å². The van der Waals surface area contributed by atoms with Gasteiger partial charge in [0.2, 0.25) is 11.8 Å². The van der Waals surface area contributed by atoms with Gasteiger partial charge >= 0.3 is 0 Å². The van der Waals surface area contributed by atoms with Crippen molar-refractivity contribution in [3.05, 3.63) is 66.1 Å². The molecule has 3 aromatic rings. The van der Waals surface area contributed by atoms with Crippen LogP contribution in [0, 0.1) is 0 Å². The summed E-state index contributed by atoms with van der Waals surface area (Å²) in [6.45, 7) is 0. The molecule has 0 aliphatic carbocycles. The molecule has 0 bridgehead atoms. The van der Waals surface area contributed by atoms with E-state index in [2.05, 4.69) is 15.6 Å². The van der Waals surface area contributed by atoms with Crippen LogP contribution in [0.1, 0.15) is 16.2 Å². The molecule has 2 amide bonds. The van der Waals surface area contributed by atoms with Gasteiger partial charge in [-0.15, -0.1) is 0 Å². The average molecular weight is 321 g/mol. The highest BCUT2D eigenvalue weighted by molar-refractivity contribution is 6.02. The van der Waals surface area contributed by atoms with Crippen LogP contribution in [0.15, 0.2) is 59.0 Å². The first-order valence-corrected chi connectivity index (χ1v) is 7.32. The average Bonchev–Trinajstić information content (AvgIpc) is 3.03. The number of anilines is 1. The molecule has 3 rings (SSSR count). The van der Waals surface area contributed by atoms with Crippen molar-refractivity contribution < 1.29 is 14.0 Å². The number of hydrogen-bond donors (Lipinski definition) is 2. The molecule has 6 heteroatoms. The Labute approximate surface area is 138 Å². The van der Waals surface area contributed by atoms with Crippen molar-refractivity contribution in [3.63, 3.8) is 0 Å². The molecule has 6 nitrogen and oxygen atoms in total. The molecular formula is C18H15N3O3. The summed E-state index contributed by atoms with van der Waals surface area (Å²) < 4.78 is 5.50. The Bertz CT molecular complexity index is 878. The van der Waals surface area contributed by atoms with E-state index in [-0.39, 0.29) is 11.8 Å². The SMILES string of the molecule is CNC(=O)c1ccc(NC(=O)C=Cc2nc3ccccc3o2)cc1. The third-order valence-corrected chi connectivity index (χ3v) is 3.33. The third-order valence-electron chi connectivity index (χ3n) is 3.33. The van der Waals surface area contributed by atoms with E-state index in [0.717, 1.165) is 5.52 Å². The summed E-state index contributed by atoms with van der Waals surface area (Å²) >= 11 is 0.